The molecule has 0 fully saturated rings. The van der Waals surface area contributed by atoms with Crippen LogP contribution in [0.3, 0.4) is 0 Å². The van der Waals surface area contributed by atoms with E-state index in [4.69, 9.17) is 4.98 Å². The molecular weight excluding hydrogens is 417 g/mol. The summed E-state index contributed by atoms with van der Waals surface area (Å²) in [5.41, 5.74) is 6.54. The lowest BCUT2D eigenvalue weighted by atomic mass is 10.0. The first-order chi connectivity index (χ1) is 16.0. The van der Waals surface area contributed by atoms with E-state index >= 15 is 0 Å². The van der Waals surface area contributed by atoms with E-state index in [1.54, 1.807) is 24.4 Å². The fraction of sp³-hybridized carbons (Fsp3) is 0.120. The second-order valence-electron chi connectivity index (χ2n) is 7.82. The molecule has 33 heavy (non-hydrogen) atoms. The Kier molecular flexibility index (Phi) is 4.97. The Morgan fingerprint density at radius 1 is 1.12 bits per heavy atom. The third-order valence-corrected chi connectivity index (χ3v) is 5.73. The molecule has 0 amide bonds. The maximum atomic E-state index is 13.5. The molecule has 0 aliphatic heterocycles. The summed E-state index contributed by atoms with van der Waals surface area (Å²) in [4.78, 5) is 17.1. The molecule has 2 N–H and O–H groups in total. The van der Waals surface area contributed by atoms with Crippen LogP contribution in [0.15, 0.2) is 61.5 Å². The Balaban J connectivity index is 1.61. The molecule has 1 aromatic carbocycles. The maximum Gasteiger partial charge on any atom is 0.159 e. The molecular formula is C25H22FN7. The minimum absolute atomic E-state index is 0.285. The fourth-order valence-electron chi connectivity index (χ4n) is 3.87. The van der Waals surface area contributed by atoms with Gasteiger partial charge >= 0.3 is 0 Å². The second-order valence-corrected chi connectivity index (χ2v) is 7.82. The number of aryl methyl sites for hydroxylation is 2. The number of nitrogens with zero attached hydrogens (tertiary/aromatic N) is 5. The van der Waals surface area contributed by atoms with Gasteiger partial charge in [-0.3, -0.25) is 10.1 Å². The summed E-state index contributed by atoms with van der Waals surface area (Å²) >= 11 is 0. The van der Waals surface area contributed by atoms with Crippen molar-refractivity contribution in [1.29, 1.82) is 0 Å². The van der Waals surface area contributed by atoms with Gasteiger partial charge in [-0.2, -0.15) is 5.10 Å². The van der Waals surface area contributed by atoms with Crippen LogP contribution in [0.2, 0.25) is 0 Å². The summed E-state index contributed by atoms with van der Waals surface area (Å²) < 4.78 is 15.5. The number of rotatable bonds is 5. The number of aromatic amines is 2. The van der Waals surface area contributed by atoms with Gasteiger partial charge in [0.25, 0.3) is 0 Å². The van der Waals surface area contributed by atoms with E-state index in [0.717, 1.165) is 50.6 Å². The maximum absolute atomic E-state index is 13.5. The van der Waals surface area contributed by atoms with Crippen LogP contribution in [0, 0.1) is 19.7 Å². The molecule has 0 aliphatic rings. The average Bonchev–Trinajstić information content (AvgIpc) is 3.50. The van der Waals surface area contributed by atoms with Crippen LogP contribution in [-0.4, -0.2) is 34.7 Å². The Morgan fingerprint density at radius 2 is 1.91 bits per heavy atom. The van der Waals surface area contributed by atoms with Crippen molar-refractivity contribution < 1.29 is 4.39 Å². The minimum atomic E-state index is -0.285. The molecule has 0 aliphatic carbocycles. The zero-order chi connectivity index (χ0) is 23.1. The molecule has 0 unspecified atom stereocenters. The lowest BCUT2D eigenvalue weighted by Crippen LogP contribution is -1.95. The largest absolute Gasteiger partial charge is 0.340 e. The summed E-state index contributed by atoms with van der Waals surface area (Å²) in [6, 6.07) is 8.32. The quantitative estimate of drug-likeness (QED) is 0.372. The van der Waals surface area contributed by atoms with E-state index in [0.29, 0.717) is 11.5 Å². The number of fused-ring (bicyclic) bond motifs is 1. The van der Waals surface area contributed by atoms with E-state index in [-0.39, 0.29) is 5.82 Å². The van der Waals surface area contributed by atoms with Gasteiger partial charge in [-0.1, -0.05) is 30.9 Å². The SMILES string of the molecule is C=C/C=C(/c1ccc(F)cc1)c1nc(-c2n[nH]c3cnc(-c4cnc(C)n4C)cc23)[nH]c1C. The summed E-state index contributed by atoms with van der Waals surface area (Å²) in [6.07, 6.45) is 7.15. The lowest BCUT2D eigenvalue weighted by molar-refractivity contribution is 0.627. The highest BCUT2D eigenvalue weighted by molar-refractivity contribution is 5.93. The Hall–Kier alpha value is -4.33. The number of halogens is 1. The average molecular weight is 439 g/mol. The number of nitrogens with one attached hydrogen (secondary N) is 2. The highest BCUT2D eigenvalue weighted by atomic mass is 19.1. The zero-order valence-corrected chi connectivity index (χ0v) is 18.5. The Morgan fingerprint density at radius 3 is 2.61 bits per heavy atom. The van der Waals surface area contributed by atoms with E-state index in [1.165, 1.54) is 12.1 Å². The summed E-state index contributed by atoms with van der Waals surface area (Å²) in [6.45, 7) is 7.73. The zero-order valence-electron chi connectivity index (χ0n) is 18.5. The Bertz CT molecular complexity index is 1520. The number of H-pyrrole nitrogens is 2. The molecule has 0 bridgehead atoms. The smallest absolute Gasteiger partial charge is 0.159 e. The molecule has 164 valence electrons. The fourth-order valence-corrected chi connectivity index (χ4v) is 3.87. The van der Waals surface area contributed by atoms with Gasteiger partial charge in [0.15, 0.2) is 5.82 Å². The molecule has 0 saturated heterocycles. The van der Waals surface area contributed by atoms with Crippen LogP contribution < -0.4 is 0 Å². The van der Waals surface area contributed by atoms with Crippen LogP contribution >= 0.6 is 0 Å². The number of benzene rings is 1. The second kappa shape index (κ2) is 7.98. The topological polar surface area (TPSA) is 88.1 Å². The van der Waals surface area contributed by atoms with Crippen molar-refractivity contribution in [2.24, 2.45) is 7.05 Å². The van der Waals surface area contributed by atoms with Crippen molar-refractivity contribution in [1.82, 2.24) is 34.7 Å². The number of allylic oxidation sites excluding steroid dienone is 2. The molecule has 0 radical (unpaired) electrons. The molecule has 7 nitrogen and oxygen atoms in total. The number of hydrogen-bond acceptors (Lipinski definition) is 4. The molecule has 5 rings (SSSR count). The number of aromatic nitrogens is 7. The first-order valence-electron chi connectivity index (χ1n) is 10.4. The van der Waals surface area contributed by atoms with Gasteiger partial charge in [0.1, 0.15) is 17.3 Å². The Labute approximate surface area is 189 Å². The third-order valence-electron chi connectivity index (χ3n) is 5.73. The molecule has 8 heteroatoms. The molecule has 0 atom stereocenters. The van der Waals surface area contributed by atoms with E-state index in [1.807, 2.05) is 43.8 Å². The van der Waals surface area contributed by atoms with E-state index in [9.17, 15) is 4.39 Å². The first kappa shape index (κ1) is 20.6. The molecule has 0 saturated carbocycles. The molecule has 0 spiro atoms. The highest BCUT2D eigenvalue weighted by Crippen LogP contribution is 2.31. The number of imidazole rings is 2. The summed E-state index contributed by atoms with van der Waals surface area (Å²) in [5, 5.41) is 8.44. The van der Waals surface area contributed by atoms with E-state index < -0.39 is 0 Å². The highest BCUT2D eigenvalue weighted by Gasteiger charge is 2.19. The van der Waals surface area contributed by atoms with Gasteiger partial charge in [-0.15, -0.1) is 0 Å². The van der Waals surface area contributed by atoms with Gasteiger partial charge in [0.2, 0.25) is 0 Å². The number of pyridine rings is 1. The van der Waals surface area contributed by atoms with Crippen LogP contribution in [0.25, 0.3) is 39.4 Å². The van der Waals surface area contributed by atoms with Crippen LogP contribution in [0.1, 0.15) is 22.8 Å². The van der Waals surface area contributed by atoms with Crippen LogP contribution in [-0.2, 0) is 7.05 Å². The summed E-state index contributed by atoms with van der Waals surface area (Å²) in [5.74, 6) is 1.25. The van der Waals surface area contributed by atoms with Crippen LogP contribution in [0.5, 0.6) is 0 Å². The lowest BCUT2D eigenvalue weighted by Gasteiger charge is -2.05. The molecule has 5 aromatic rings. The number of hydrogen-bond donors (Lipinski definition) is 2. The van der Waals surface area contributed by atoms with Gasteiger partial charge in [0.05, 0.1) is 35.0 Å². The monoisotopic (exact) mass is 439 g/mol. The van der Waals surface area contributed by atoms with Crippen molar-refractivity contribution in [3.63, 3.8) is 0 Å². The summed E-state index contributed by atoms with van der Waals surface area (Å²) in [7, 11) is 1.96. The van der Waals surface area contributed by atoms with Crippen molar-refractivity contribution in [2.45, 2.75) is 13.8 Å². The van der Waals surface area contributed by atoms with Crippen molar-refractivity contribution in [3.05, 3.63) is 90.0 Å². The van der Waals surface area contributed by atoms with Crippen LogP contribution in [0.4, 0.5) is 4.39 Å². The van der Waals surface area contributed by atoms with Crippen molar-refractivity contribution >= 4 is 16.5 Å². The predicted octanol–water partition coefficient (Wildman–Crippen LogP) is 5.12. The van der Waals surface area contributed by atoms with E-state index in [2.05, 4.69) is 31.7 Å². The third kappa shape index (κ3) is 3.55. The first-order valence-corrected chi connectivity index (χ1v) is 10.4. The predicted molar refractivity (Wildman–Crippen MR) is 127 cm³/mol. The standard InChI is InChI=1S/C25H22FN7/c1-5-6-18(16-7-9-17(26)10-8-16)23-14(2)29-25(30-23)24-19-11-20(28-12-21(19)31-32-24)22-13-27-15(3)33(22)4/h5-13H,1H2,2-4H3,(H,29,30)(H,31,32)/b18-6-. The van der Waals surface area contributed by atoms with Gasteiger partial charge in [-0.05, 0) is 37.6 Å². The van der Waals surface area contributed by atoms with Crippen molar-refractivity contribution in [3.8, 4) is 22.9 Å². The van der Waals surface area contributed by atoms with Gasteiger partial charge in [-0.25, -0.2) is 14.4 Å². The molecule has 4 heterocycles. The van der Waals surface area contributed by atoms with Gasteiger partial charge < -0.3 is 9.55 Å². The van der Waals surface area contributed by atoms with Gasteiger partial charge in [0, 0.05) is 23.7 Å². The minimum Gasteiger partial charge on any atom is -0.340 e. The normalized spacial score (nSPS) is 11.9. The molecule has 4 aromatic heterocycles. The van der Waals surface area contributed by atoms with Crippen molar-refractivity contribution in [2.75, 3.05) is 0 Å².